The van der Waals surface area contributed by atoms with Crippen LogP contribution in [0.1, 0.15) is 59.7 Å². The zero-order valence-electron chi connectivity index (χ0n) is 18.2. The van der Waals surface area contributed by atoms with Crippen LogP contribution < -0.4 is 10.1 Å². The lowest BCUT2D eigenvalue weighted by molar-refractivity contribution is -0.129. The van der Waals surface area contributed by atoms with Gasteiger partial charge in [0.2, 0.25) is 11.8 Å². The van der Waals surface area contributed by atoms with E-state index in [0.29, 0.717) is 36.6 Å². The molecule has 162 valence electrons. The van der Waals surface area contributed by atoms with Gasteiger partial charge in [-0.3, -0.25) is 19.7 Å². The lowest BCUT2D eigenvalue weighted by Gasteiger charge is -2.30. The highest BCUT2D eigenvalue weighted by atomic mass is 16.5. The predicted octanol–water partition coefficient (Wildman–Crippen LogP) is 3.44. The Kier molecular flexibility index (Phi) is 5.56. The van der Waals surface area contributed by atoms with Gasteiger partial charge in [-0.2, -0.15) is 0 Å². The zero-order valence-corrected chi connectivity index (χ0v) is 18.2. The van der Waals surface area contributed by atoms with Crippen molar-refractivity contribution in [3.8, 4) is 5.75 Å². The Morgan fingerprint density at radius 1 is 1.13 bits per heavy atom. The molecule has 2 aliphatic heterocycles. The van der Waals surface area contributed by atoms with Gasteiger partial charge in [0.25, 0.3) is 5.91 Å². The van der Waals surface area contributed by atoms with Crippen LogP contribution in [0.4, 0.5) is 0 Å². The van der Waals surface area contributed by atoms with Crippen LogP contribution in [-0.4, -0.2) is 36.3 Å². The lowest BCUT2D eigenvalue weighted by atomic mass is 9.79. The van der Waals surface area contributed by atoms with Gasteiger partial charge >= 0.3 is 0 Å². The monoisotopic (exact) mass is 420 g/mol. The quantitative estimate of drug-likeness (QED) is 0.697. The van der Waals surface area contributed by atoms with Gasteiger partial charge in [0.05, 0.1) is 12.5 Å². The second kappa shape index (κ2) is 8.17. The molecule has 2 aromatic rings. The fourth-order valence-electron chi connectivity index (χ4n) is 4.55. The minimum atomic E-state index is -0.910. The second-order valence-corrected chi connectivity index (χ2v) is 8.92. The number of carbonyl (C=O) groups is 3. The van der Waals surface area contributed by atoms with Crippen LogP contribution in [0.25, 0.3) is 0 Å². The molecule has 1 atom stereocenters. The number of hydrogen-bond acceptors (Lipinski definition) is 4. The van der Waals surface area contributed by atoms with Crippen molar-refractivity contribution in [2.45, 2.75) is 45.6 Å². The van der Waals surface area contributed by atoms with E-state index in [-0.39, 0.29) is 30.7 Å². The van der Waals surface area contributed by atoms with Crippen LogP contribution in [-0.2, 0) is 22.6 Å². The summed E-state index contributed by atoms with van der Waals surface area (Å²) < 4.78 is 5.24. The summed E-state index contributed by atoms with van der Waals surface area (Å²) in [7, 11) is 1.57. The molecule has 2 aliphatic rings. The molecule has 0 radical (unpaired) electrons. The maximum atomic E-state index is 13.0. The van der Waals surface area contributed by atoms with Crippen molar-refractivity contribution in [1.82, 2.24) is 10.2 Å². The van der Waals surface area contributed by atoms with E-state index in [1.54, 1.807) is 18.1 Å². The number of carbonyl (C=O) groups excluding carboxylic acids is 3. The Morgan fingerprint density at radius 3 is 2.61 bits per heavy atom. The Hall–Kier alpha value is -3.15. The topological polar surface area (TPSA) is 75.7 Å². The van der Waals surface area contributed by atoms with Crippen molar-refractivity contribution in [2.75, 3.05) is 13.7 Å². The second-order valence-electron chi connectivity index (χ2n) is 8.92. The van der Waals surface area contributed by atoms with E-state index in [0.717, 1.165) is 11.1 Å². The first-order valence-electron chi connectivity index (χ1n) is 10.7. The Balaban J connectivity index is 1.55. The Bertz CT molecular complexity index is 1050. The van der Waals surface area contributed by atoms with Crippen molar-refractivity contribution in [2.24, 2.45) is 5.41 Å². The third kappa shape index (κ3) is 4.07. The summed E-state index contributed by atoms with van der Waals surface area (Å²) in [5, 5.41) is 2.47. The van der Waals surface area contributed by atoms with Gasteiger partial charge < -0.3 is 9.64 Å². The number of nitrogens with one attached hydrogen (secondary N) is 1. The van der Waals surface area contributed by atoms with Crippen molar-refractivity contribution < 1.29 is 19.1 Å². The predicted molar refractivity (Wildman–Crippen MR) is 117 cm³/mol. The van der Waals surface area contributed by atoms with Crippen molar-refractivity contribution in [3.63, 3.8) is 0 Å². The molecule has 6 nitrogen and oxygen atoms in total. The van der Waals surface area contributed by atoms with E-state index >= 15 is 0 Å². The smallest absolute Gasteiger partial charge is 0.254 e. The molecule has 2 aromatic carbocycles. The Morgan fingerprint density at radius 2 is 1.94 bits per heavy atom. The number of aryl methyl sites for hydroxylation is 1. The van der Waals surface area contributed by atoms with E-state index in [1.807, 2.05) is 18.2 Å². The van der Waals surface area contributed by atoms with Gasteiger partial charge in [-0.25, -0.2) is 0 Å². The number of hydrogen-bond donors (Lipinski definition) is 1. The van der Waals surface area contributed by atoms with Crippen LogP contribution in [0.5, 0.6) is 5.75 Å². The Labute approximate surface area is 182 Å². The van der Waals surface area contributed by atoms with Crippen LogP contribution in [0.2, 0.25) is 0 Å². The first-order chi connectivity index (χ1) is 14.8. The molecular formula is C25H28N2O4. The van der Waals surface area contributed by atoms with Gasteiger partial charge in [-0.05, 0) is 47.6 Å². The van der Waals surface area contributed by atoms with Crippen LogP contribution in [0, 0.1) is 5.41 Å². The van der Waals surface area contributed by atoms with Crippen LogP contribution in [0.15, 0.2) is 42.5 Å². The third-order valence-electron chi connectivity index (χ3n) is 6.43. The molecule has 4 rings (SSSR count). The first kappa shape index (κ1) is 21.1. The number of amides is 3. The molecule has 2 heterocycles. The molecule has 1 saturated heterocycles. The number of fused-ring (bicyclic) bond motifs is 1. The van der Waals surface area contributed by atoms with Crippen LogP contribution in [0.3, 0.4) is 0 Å². The van der Waals surface area contributed by atoms with E-state index in [9.17, 15) is 14.4 Å². The van der Waals surface area contributed by atoms with Crippen molar-refractivity contribution in [1.29, 1.82) is 0 Å². The summed E-state index contributed by atoms with van der Waals surface area (Å²) in [5.41, 5.74) is 2.99. The van der Waals surface area contributed by atoms with Gasteiger partial charge in [0, 0.05) is 25.1 Å². The molecule has 6 heteroatoms. The maximum absolute atomic E-state index is 13.0. The molecule has 0 bridgehead atoms. The maximum Gasteiger partial charge on any atom is 0.254 e. The number of rotatable bonds is 7. The number of benzene rings is 2. The molecule has 0 saturated carbocycles. The van der Waals surface area contributed by atoms with Gasteiger partial charge in [0.15, 0.2) is 0 Å². The molecule has 0 unspecified atom stereocenters. The molecule has 1 fully saturated rings. The van der Waals surface area contributed by atoms with E-state index in [4.69, 9.17) is 4.74 Å². The summed E-state index contributed by atoms with van der Waals surface area (Å²) in [5.74, 6) is 0.373. The zero-order chi connectivity index (χ0) is 22.2. The lowest BCUT2D eigenvalue weighted by Crippen LogP contribution is -2.43. The molecular weight excluding hydrogens is 392 g/mol. The summed E-state index contributed by atoms with van der Waals surface area (Å²) in [6.07, 6.45) is 1.29. The number of nitrogens with zero attached hydrogens (tertiary/aromatic N) is 1. The SMILES string of the molecule is COc1ccc2c(c1)C(=O)N(C[C@@]1(CCc3cccc(C(C)C)c3)CC(=O)NC1=O)C2. The highest BCUT2D eigenvalue weighted by Crippen LogP contribution is 2.37. The average Bonchev–Trinajstić information content (AvgIpc) is 3.21. The third-order valence-corrected chi connectivity index (χ3v) is 6.43. The highest BCUT2D eigenvalue weighted by molar-refractivity contribution is 6.06. The van der Waals surface area contributed by atoms with Crippen molar-refractivity contribution in [3.05, 3.63) is 64.7 Å². The number of imide groups is 1. The fourth-order valence-corrected chi connectivity index (χ4v) is 4.55. The number of ether oxygens (including phenoxy) is 1. The minimum Gasteiger partial charge on any atom is -0.497 e. The van der Waals surface area contributed by atoms with Gasteiger partial charge in [0.1, 0.15) is 5.75 Å². The average molecular weight is 421 g/mol. The molecule has 31 heavy (non-hydrogen) atoms. The van der Waals surface area contributed by atoms with Crippen LogP contribution >= 0.6 is 0 Å². The minimum absolute atomic E-state index is 0.110. The normalized spacial score (nSPS) is 20.4. The fraction of sp³-hybridized carbons (Fsp3) is 0.400. The summed E-state index contributed by atoms with van der Waals surface area (Å²) >= 11 is 0. The van der Waals surface area contributed by atoms with E-state index in [2.05, 4.69) is 37.4 Å². The molecule has 0 aromatic heterocycles. The first-order valence-corrected chi connectivity index (χ1v) is 10.7. The largest absolute Gasteiger partial charge is 0.497 e. The summed E-state index contributed by atoms with van der Waals surface area (Å²) in [4.78, 5) is 39.7. The standard InChI is InChI=1S/C25H28N2O4/c1-16(2)18-6-4-5-17(11-18)9-10-25(13-22(28)26-24(25)30)15-27-14-19-7-8-20(31-3)12-21(19)23(27)29/h4-8,11-12,16H,9-10,13-15H2,1-3H3,(H,26,28,30)/t25-/m1/s1. The molecule has 0 spiro atoms. The summed E-state index contributed by atoms with van der Waals surface area (Å²) in [6.45, 7) is 4.96. The van der Waals surface area contributed by atoms with Crippen molar-refractivity contribution >= 4 is 17.7 Å². The van der Waals surface area contributed by atoms with E-state index in [1.165, 1.54) is 5.56 Å². The molecule has 3 amide bonds. The van der Waals surface area contributed by atoms with Gasteiger partial charge in [-0.1, -0.05) is 44.2 Å². The van der Waals surface area contributed by atoms with E-state index < -0.39 is 5.41 Å². The highest BCUT2D eigenvalue weighted by Gasteiger charge is 2.48. The van der Waals surface area contributed by atoms with Gasteiger partial charge in [-0.15, -0.1) is 0 Å². The summed E-state index contributed by atoms with van der Waals surface area (Å²) in [6, 6.07) is 13.8. The molecule has 1 N–H and O–H groups in total. The number of methoxy groups -OCH3 is 1. The molecule has 0 aliphatic carbocycles.